The Hall–Kier alpha value is -6.36. The van der Waals surface area contributed by atoms with Crippen LogP contribution in [0, 0.1) is 6.92 Å². The summed E-state index contributed by atoms with van der Waals surface area (Å²) in [5.41, 5.74) is 7.41. The summed E-state index contributed by atoms with van der Waals surface area (Å²) in [7, 11) is 4.73. The fourth-order valence-corrected chi connectivity index (χ4v) is 7.14. The second-order valence-corrected chi connectivity index (χ2v) is 13.5. The summed E-state index contributed by atoms with van der Waals surface area (Å²) in [6.07, 6.45) is 9.35. The smallest absolute Gasteiger partial charge is 0.260 e. The number of carbonyl (C=O) groups excluding carboxylic acids is 2. The number of fused-ring (bicyclic) bond motifs is 4. The second kappa shape index (κ2) is 14.6. The monoisotopic (exact) mass is 724 g/mol. The minimum atomic E-state index is -0.200. The highest BCUT2D eigenvalue weighted by Gasteiger charge is 2.35. The van der Waals surface area contributed by atoms with Gasteiger partial charge in [-0.15, -0.1) is 0 Å². The molecule has 4 aliphatic heterocycles. The molecule has 0 spiro atoms. The molecule has 0 saturated carbocycles. The molecule has 8 rings (SSSR count). The quantitative estimate of drug-likeness (QED) is 0.145. The van der Waals surface area contributed by atoms with E-state index in [-0.39, 0.29) is 23.9 Å². The topological polar surface area (TPSA) is 111 Å². The highest BCUT2D eigenvalue weighted by molar-refractivity contribution is 6.06. The lowest BCUT2D eigenvalue weighted by Gasteiger charge is -2.19. The van der Waals surface area contributed by atoms with E-state index in [0.717, 1.165) is 28.0 Å². The zero-order valence-electron chi connectivity index (χ0n) is 30.6. The van der Waals surface area contributed by atoms with Gasteiger partial charge in [0.1, 0.15) is 5.75 Å². The molecule has 4 aromatic rings. The van der Waals surface area contributed by atoms with Gasteiger partial charge in [0, 0.05) is 56.2 Å². The van der Waals surface area contributed by atoms with Crippen molar-refractivity contribution < 1.29 is 33.3 Å². The molecule has 11 heteroatoms. The van der Waals surface area contributed by atoms with E-state index in [1.807, 2.05) is 49.1 Å². The lowest BCUT2D eigenvalue weighted by Crippen LogP contribution is -2.32. The van der Waals surface area contributed by atoms with Gasteiger partial charge in [-0.3, -0.25) is 19.6 Å². The van der Waals surface area contributed by atoms with Gasteiger partial charge in [-0.05, 0) is 53.5 Å². The maximum Gasteiger partial charge on any atom is 0.260 e. The Labute approximate surface area is 313 Å². The number of hydrogen-bond acceptors (Lipinski definition) is 9. The number of rotatable bonds is 11. The van der Waals surface area contributed by atoms with E-state index >= 15 is 0 Å². The van der Waals surface area contributed by atoms with Gasteiger partial charge >= 0.3 is 0 Å². The molecule has 0 fully saturated rings. The molecule has 0 saturated heterocycles. The minimum Gasteiger partial charge on any atom is -0.497 e. The Balaban J connectivity index is 0.909. The van der Waals surface area contributed by atoms with Crippen molar-refractivity contribution in [1.29, 1.82) is 0 Å². The summed E-state index contributed by atoms with van der Waals surface area (Å²) in [6, 6.07) is 22.6. The molecule has 4 aliphatic rings. The van der Waals surface area contributed by atoms with Gasteiger partial charge in [-0.1, -0.05) is 42.0 Å². The number of ether oxygens (including phenoxy) is 5. The third kappa shape index (κ3) is 6.57. The number of amides is 2. The van der Waals surface area contributed by atoms with Crippen molar-refractivity contribution in [3.05, 3.63) is 113 Å². The van der Waals surface area contributed by atoms with Crippen molar-refractivity contribution in [3.63, 3.8) is 0 Å². The predicted molar refractivity (Wildman–Crippen MR) is 207 cm³/mol. The number of aryl methyl sites for hydroxylation is 1. The van der Waals surface area contributed by atoms with Gasteiger partial charge in [-0.2, -0.15) is 0 Å². The second-order valence-electron chi connectivity index (χ2n) is 13.5. The first-order valence-corrected chi connectivity index (χ1v) is 17.9. The van der Waals surface area contributed by atoms with Gasteiger partial charge in [0.2, 0.25) is 0 Å². The molecule has 0 N–H and O–H groups in total. The van der Waals surface area contributed by atoms with Gasteiger partial charge < -0.3 is 33.5 Å². The molecular formula is C43H40N4O7. The Kier molecular flexibility index (Phi) is 9.37. The zero-order chi connectivity index (χ0) is 37.3. The van der Waals surface area contributed by atoms with Crippen LogP contribution in [0.2, 0.25) is 0 Å². The van der Waals surface area contributed by atoms with Crippen LogP contribution < -0.4 is 23.7 Å². The third-order valence-electron chi connectivity index (χ3n) is 10.1. The van der Waals surface area contributed by atoms with Crippen LogP contribution in [0.1, 0.15) is 56.7 Å². The van der Waals surface area contributed by atoms with E-state index in [1.54, 1.807) is 55.4 Å². The van der Waals surface area contributed by atoms with Crippen molar-refractivity contribution >= 4 is 46.8 Å². The van der Waals surface area contributed by atoms with E-state index in [4.69, 9.17) is 33.7 Å². The maximum atomic E-state index is 13.7. The van der Waals surface area contributed by atoms with E-state index < -0.39 is 0 Å². The predicted octanol–water partition coefficient (Wildman–Crippen LogP) is 7.81. The summed E-state index contributed by atoms with van der Waals surface area (Å²) < 4.78 is 28.8. The van der Waals surface area contributed by atoms with Crippen molar-refractivity contribution in [2.75, 3.05) is 34.5 Å². The van der Waals surface area contributed by atoms with Crippen LogP contribution in [-0.4, -0.2) is 80.7 Å². The standard InChI is InChI=1S/C43H40N4O7/c1-26-6-8-27(9-7-26)29-16-31-22-44-36-20-40(38(51-3)18-34(36)42(48)46(31)24-29)53-14-5-15-54-41-21-37-35(19-39(41)52-4)43(49)47-25-30(17-32(47)23-45-37)28-10-12-33(50-2)13-11-28/h6-13,18-25,31-32H,5,14-17H2,1-4H3/t31-,32-/m0/s1. The number of aliphatic imine (C=N–C) groups is 2. The summed E-state index contributed by atoms with van der Waals surface area (Å²) in [5, 5.41) is 0. The minimum absolute atomic E-state index is 0.135. The fourth-order valence-electron chi connectivity index (χ4n) is 7.14. The molecule has 2 amide bonds. The van der Waals surface area contributed by atoms with Gasteiger partial charge in [0.15, 0.2) is 23.0 Å². The first-order chi connectivity index (χ1) is 26.3. The highest BCUT2D eigenvalue weighted by Crippen LogP contribution is 2.42. The number of hydrogen-bond donors (Lipinski definition) is 0. The normalized spacial score (nSPS) is 18.1. The van der Waals surface area contributed by atoms with Gasteiger partial charge in [0.25, 0.3) is 11.8 Å². The zero-order valence-corrected chi connectivity index (χ0v) is 30.6. The Morgan fingerprint density at radius 3 is 1.52 bits per heavy atom. The van der Waals surface area contributed by atoms with Crippen molar-refractivity contribution in [1.82, 2.24) is 9.80 Å². The first kappa shape index (κ1) is 34.7. The van der Waals surface area contributed by atoms with Crippen LogP contribution in [0.25, 0.3) is 11.1 Å². The molecule has 0 bridgehead atoms. The molecule has 4 aromatic carbocycles. The molecule has 0 aliphatic carbocycles. The molecule has 274 valence electrons. The fraction of sp³-hybridized carbons (Fsp3) is 0.256. The number of nitrogens with zero attached hydrogens (tertiary/aromatic N) is 4. The molecule has 0 radical (unpaired) electrons. The van der Waals surface area contributed by atoms with E-state index in [1.165, 1.54) is 5.56 Å². The van der Waals surface area contributed by atoms with Crippen LogP contribution in [0.4, 0.5) is 11.4 Å². The molecule has 54 heavy (non-hydrogen) atoms. The van der Waals surface area contributed by atoms with Crippen molar-refractivity contribution in [2.45, 2.75) is 38.3 Å². The number of methoxy groups -OCH3 is 3. The van der Waals surface area contributed by atoms with Crippen LogP contribution in [0.3, 0.4) is 0 Å². The van der Waals surface area contributed by atoms with Crippen molar-refractivity contribution in [2.24, 2.45) is 9.98 Å². The summed E-state index contributed by atoms with van der Waals surface area (Å²) in [5.74, 6) is 2.34. The highest BCUT2D eigenvalue weighted by atomic mass is 16.5. The Bertz CT molecular complexity index is 2240. The molecule has 2 atom stereocenters. The van der Waals surface area contributed by atoms with Gasteiger partial charge in [-0.25, -0.2) is 0 Å². The van der Waals surface area contributed by atoms with Gasteiger partial charge in [0.05, 0.1) is 69.1 Å². The Morgan fingerprint density at radius 2 is 1.07 bits per heavy atom. The molecule has 11 nitrogen and oxygen atoms in total. The largest absolute Gasteiger partial charge is 0.497 e. The lowest BCUT2D eigenvalue weighted by molar-refractivity contribution is 0.0809. The van der Waals surface area contributed by atoms with Crippen LogP contribution in [-0.2, 0) is 0 Å². The molecule has 0 unspecified atom stereocenters. The molecular weight excluding hydrogens is 684 g/mol. The SMILES string of the molecule is COc1ccc(C2=CN3C(=O)c4cc(OC)c(OCCCOc5cc6c(cc5OC)C(=O)N5C=C(c7ccc(C)cc7)C[C@H]5C=N6)cc4N=C[C@@H]3C2)cc1. The van der Waals surface area contributed by atoms with Crippen molar-refractivity contribution in [3.8, 4) is 28.7 Å². The van der Waals surface area contributed by atoms with E-state index in [2.05, 4.69) is 31.2 Å². The lowest BCUT2D eigenvalue weighted by atomic mass is 10.0. The van der Waals surface area contributed by atoms with Crippen LogP contribution in [0.5, 0.6) is 28.7 Å². The molecule has 4 heterocycles. The van der Waals surface area contributed by atoms with E-state index in [9.17, 15) is 9.59 Å². The Morgan fingerprint density at radius 1 is 0.611 bits per heavy atom. The first-order valence-electron chi connectivity index (χ1n) is 17.9. The molecule has 0 aromatic heterocycles. The third-order valence-corrected chi connectivity index (χ3v) is 10.1. The summed E-state index contributed by atoms with van der Waals surface area (Å²) >= 11 is 0. The number of benzene rings is 4. The number of carbonyl (C=O) groups is 2. The average molecular weight is 725 g/mol. The van der Waals surface area contributed by atoms with E-state index in [0.29, 0.717) is 78.0 Å². The maximum absolute atomic E-state index is 13.7. The van der Waals surface area contributed by atoms with Crippen LogP contribution >= 0.6 is 0 Å². The van der Waals surface area contributed by atoms with Crippen LogP contribution in [0.15, 0.2) is 95.2 Å². The average Bonchev–Trinajstić information content (AvgIpc) is 3.78. The summed E-state index contributed by atoms with van der Waals surface area (Å²) in [6.45, 7) is 2.68. The summed E-state index contributed by atoms with van der Waals surface area (Å²) in [4.78, 5) is 40.4.